The molecule has 21 heavy (non-hydrogen) atoms. The van der Waals surface area contributed by atoms with Gasteiger partial charge in [0, 0.05) is 41.8 Å². The number of pyridine rings is 2. The highest BCUT2D eigenvalue weighted by atomic mass is 16.5. The van der Waals surface area contributed by atoms with Gasteiger partial charge >= 0.3 is 0 Å². The van der Waals surface area contributed by atoms with E-state index in [1.54, 1.807) is 7.11 Å². The molecule has 0 aliphatic carbocycles. The number of hydrogen-bond donors (Lipinski definition) is 2. The number of methoxy groups -OCH3 is 1. The Morgan fingerprint density at radius 1 is 1.24 bits per heavy atom. The lowest BCUT2D eigenvalue weighted by Gasteiger charge is -2.18. The fraction of sp³-hybridized carbons (Fsp3) is 0.375. The van der Waals surface area contributed by atoms with Crippen LogP contribution in [0.2, 0.25) is 0 Å². The Labute approximate surface area is 125 Å². The first-order valence-electron chi connectivity index (χ1n) is 6.93. The predicted octanol–water partition coefficient (Wildman–Crippen LogP) is 2.16. The lowest BCUT2D eigenvalue weighted by atomic mass is 9.99. The number of aromatic nitrogens is 2. The maximum absolute atomic E-state index is 5.72. The molecule has 1 unspecified atom stereocenters. The van der Waals surface area contributed by atoms with Gasteiger partial charge in [-0.05, 0) is 31.9 Å². The van der Waals surface area contributed by atoms with Crippen molar-refractivity contribution < 1.29 is 4.74 Å². The van der Waals surface area contributed by atoms with Crippen molar-refractivity contribution in [2.24, 2.45) is 5.84 Å². The molecule has 2 aromatic rings. The van der Waals surface area contributed by atoms with E-state index in [1.807, 2.05) is 39.4 Å². The van der Waals surface area contributed by atoms with Crippen molar-refractivity contribution >= 4 is 0 Å². The summed E-state index contributed by atoms with van der Waals surface area (Å²) in [6, 6.07) is 2.05. The molecule has 5 nitrogen and oxygen atoms in total. The van der Waals surface area contributed by atoms with Crippen molar-refractivity contribution in [2.45, 2.75) is 33.2 Å². The molecular weight excluding hydrogens is 264 g/mol. The molecule has 0 fully saturated rings. The summed E-state index contributed by atoms with van der Waals surface area (Å²) in [6.45, 7) is 6.03. The topological polar surface area (TPSA) is 73.1 Å². The summed E-state index contributed by atoms with van der Waals surface area (Å²) in [4.78, 5) is 8.75. The Morgan fingerprint density at radius 3 is 2.62 bits per heavy atom. The highest BCUT2D eigenvalue weighted by Gasteiger charge is 2.16. The van der Waals surface area contributed by atoms with E-state index in [0.717, 1.165) is 33.7 Å². The van der Waals surface area contributed by atoms with Crippen LogP contribution in [0.4, 0.5) is 0 Å². The number of hydrazine groups is 1. The molecule has 0 aliphatic rings. The minimum absolute atomic E-state index is 0.0315. The largest absolute Gasteiger partial charge is 0.496 e. The summed E-state index contributed by atoms with van der Waals surface area (Å²) >= 11 is 0. The second-order valence-electron chi connectivity index (χ2n) is 5.27. The summed E-state index contributed by atoms with van der Waals surface area (Å²) in [6.07, 6.45) is 6.18. The fourth-order valence-electron chi connectivity index (χ4n) is 2.51. The van der Waals surface area contributed by atoms with Gasteiger partial charge in [0.25, 0.3) is 0 Å². The van der Waals surface area contributed by atoms with Gasteiger partial charge in [-0.15, -0.1) is 0 Å². The summed E-state index contributed by atoms with van der Waals surface area (Å²) in [5.74, 6) is 6.60. The van der Waals surface area contributed by atoms with Crippen LogP contribution < -0.4 is 16.0 Å². The van der Waals surface area contributed by atoms with Crippen LogP contribution in [0.25, 0.3) is 0 Å². The van der Waals surface area contributed by atoms with E-state index in [0.29, 0.717) is 6.42 Å². The van der Waals surface area contributed by atoms with Crippen LogP contribution in [0.15, 0.2) is 24.7 Å². The van der Waals surface area contributed by atoms with Gasteiger partial charge in [-0.3, -0.25) is 21.2 Å². The Kier molecular flexibility index (Phi) is 4.88. The van der Waals surface area contributed by atoms with Crippen LogP contribution in [0.1, 0.15) is 34.0 Å². The zero-order valence-electron chi connectivity index (χ0n) is 13.0. The number of hydrogen-bond acceptors (Lipinski definition) is 5. The van der Waals surface area contributed by atoms with Crippen LogP contribution in [0.3, 0.4) is 0 Å². The van der Waals surface area contributed by atoms with Crippen LogP contribution in [-0.2, 0) is 6.42 Å². The van der Waals surface area contributed by atoms with Gasteiger partial charge in [-0.1, -0.05) is 6.07 Å². The van der Waals surface area contributed by atoms with Gasteiger partial charge in [-0.2, -0.15) is 0 Å². The second kappa shape index (κ2) is 6.65. The molecule has 2 aromatic heterocycles. The van der Waals surface area contributed by atoms with Gasteiger partial charge in [0.15, 0.2) is 0 Å². The second-order valence-corrected chi connectivity index (χ2v) is 5.27. The van der Waals surface area contributed by atoms with Crippen LogP contribution >= 0.6 is 0 Å². The van der Waals surface area contributed by atoms with Gasteiger partial charge in [0.2, 0.25) is 0 Å². The third kappa shape index (κ3) is 3.37. The van der Waals surface area contributed by atoms with Crippen molar-refractivity contribution in [3.63, 3.8) is 0 Å². The minimum Gasteiger partial charge on any atom is -0.496 e. The molecule has 1 atom stereocenters. The van der Waals surface area contributed by atoms with Gasteiger partial charge < -0.3 is 4.74 Å². The summed E-state index contributed by atoms with van der Waals surface area (Å²) in [5.41, 5.74) is 8.08. The highest BCUT2D eigenvalue weighted by Crippen LogP contribution is 2.27. The molecule has 0 saturated heterocycles. The molecule has 0 radical (unpaired) electrons. The van der Waals surface area contributed by atoms with E-state index in [-0.39, 0.29) is 6.04 Å². The van der Waals surface area contributed by atoms with E-state index >= 15 is 0 Å². The maximum Gasteiger partial charge on any atom is 0.128 e. The molecule has 0 aliphatic heterocycles. The Hall–Kier alpha value is -1.98. The number of nitrogens with zero attached hydrogens (tertiary/aromatic N) is 2. The lowest BCUT2D eigenvalue weighted by Crippen LogP contribution is -2.30. The third-order valence-corrected chi connectivity index (χ3v) is 3.65. The predicted molar refractivity (Wildman–Crippen MR) is 83.0 cm³/mol. The Morgan fingerprint density at radius 2 is 2.00 bits per heavy atom. The van der Waals surface area contributed by atoms with E-state index in [1.165, 1.54) is 0 Å². The summed E-state index contributed by atoms with van der Waals surface area (Å²) in [5, 5.41) is 0. The van der Waals surface area contributed by atoms with Crippen molar-refractivity contribution in [2.75, 3.05) is 7.11 Å². The first-order chi connectivity index (χ1) is 10.1. The minimum atomic E-state index is -0.0315. The summed E-state index contributed by atoms with van der Waals surface area (Å²) < 4.78 is 5.45. The molecule has 0 amide bonds. The molecule has 0 spiro atoms. The molecule has 112 valence electrons. The zero-order valence-corrected chi connectivity index (χ0v) is 13.0. The molecule has 0 bridgehead atoms. The average Bonchev–Trinajstić information content (AvgIpc) is 2.47. The van der Waals surface area contributed by atoms with Crippen LogP contribution in [0.5, 0.6) is 5.75 Å². The highest BCUT2D eigenvalue weighted by molar-refractivity contribution is 5.41. The van der Waals surface area contributed by atoms with Gasteiger partial charge in [0.05, 0.1) is 13.2 Å². The maximum atomic E-state index is 5.72. The number of rotatable bonds is 5. The number of aryl methyl sites for hydroxylation is 2. The molecule has 0 aromatic carbocycles. The van der Waals surface area contributed by atoms with Crippen LogP contribution in [-0.4, -0.2) is 17.1 Å². The third-order valence-electron chi connectivity index (χ3n) is 3.65. The smallest absolute Gasteiger partial charge is 0.128 e. The normalized spacial score (nSPS) is 12.2. The first-order valence-corrected chi connectivity index (χ1v) is 6.93. The molecular formula is C16H22N4O. The van der Waals surface area contributed by atoms with Crippen LogP contribution in [0, 0.1) is 20.8 Å². The van der Waals surface area contributed by atoms with Crippen molar-refractivity contribution in [3.05, 3.63) is 52.6 Å². The van der Waals surface area contributed by atoms with Gasteiger partial charge in [0.1, 0.15) is 5.75 Å². The Bertz CT molecular complexity index is 628. The first kappa shape index (κ1) is 15.4. The SMILES string of the molecule is COc1c(C)cnc(CC(NN)c2cncc(C)c2)c1C. The molecule has 0 saturated carbocycles. The van der Waals surface area contributed by atoms with E-state index in [2.05, 4.69) is 21.5 Å². The molecule has 5 heteroatoms. The Balaban J connectivity index is 2.31. The van der Waals surface area contributed by atoms with E-state index in [9.17, 15) is 0 Å². The molecule has 3 N–H and O–H groups in total. The number of ether oxygens (including phenoxy) is 1. The standard InChI is InChI=1S/C16H22N4O/c1-10-5-13(9-18-7-10)15(20-17)6-14-12(3)16(21-4)11(2)8-19-14/h5,7-9,15,20H,6,17H2,1-4H3. The fourth-order valence-corrected chi connectivity index (χ4v) is 2.51. The molecule has 2 rings (SSSR count). The van der Waals surface area contributed by atoms with E-state index in [4.69, 9.17) is 10.6 Å². The quantitative estimate of drug-likeness (QED) is 0.651. The monoisotopic (exact) mass is 286 g/mol. The van der Waals surface area contributed by atoms with Crippen molar-refractivity contribution in [3.8, 4) is 5.75 Å². The number of nitrogens with two attached hydrogens (primary N) is 1. The average molecular weight is 286 g/mol. The molecule has 2 heterocycles. The zero-order chi connectivity index (χ0) is 15.4. The van der Waals surface area contributed by atoms with Crippen molar-refractivity contribution in [1.82, 2.24) is 15.4 Å². The number of nitrogens with one attached hydrogen (secondary N) is 1. The van der Waals surface area contributed by atoms with E-state index < -0.39 is 0 Å². The lowest BCUT2D eigenvalue weighted by molar-refractivity contribution is 0.406. The summed E-state index contributed by atoms with van der Waals surface area (Å²) in [7, 11) is 1.68. The van der Waals surface area contributed by atoms with Crippen molar-refractivity contribution in [1.29, 1.82) is 0 Å². The van der Waals surface area contributed by atoms with Gasteiger partial charge in [-0.25, -0.2) is 0 Å².